The van der Waals surface area contributed by atoms with Crippen molar-refractivity contribution >= 4 is 27.2 Å². The van der Waals surface area contributed by atoms with E-state index in [1.807, 2.05) is 30.5 Å². The van der Waals surface area contributed by atoms with Gasteiger partial charge in [0.05, 0.1) is 15.6 Å². The molecular weight excluding hydrogens is 547 g/mol. The number of hydrogen-bond donors (Lipinski definition) is 2. The highest BCUT2D eigenvalue weighted by molar-refractivity contribution is 7.89. The van der Waals surface area contributed by atoms with E-state index in [1.54, 1.807) is 36.7 Å². The van der Waals surface area contributed by atoms with Gasteiger partial charge in [0, 0.05) is 60.3 Å². The van der Waals surface area contributed by atoms with Crippen LogP contribution in [-0.2, 0) is 10.0 Å². The summed E-state index contributed by atoms with van der Waals surface area (Å²) in [6.45, 7) is 4.04. The molecule has 1 aliphatic heterocycles. The van der Waals surface area contributed by atoms with Crippen LogP contribution in [0.15, 0.2) is 84.2 Å². The number of benzene rings is 2. The van der Waals surface area contributed by atoms with E-state index >= 15 is 0 Å². The minimum absolute atomic E-state index is 0.0910. The standard InChI is InChI=1S/C31H30ClFN4O2S/c1-19-28(21-3-6-24(7-4-21)40(38,39)34-2)31(19)37-15-11-20(12-16-37)25-18-36-30(23-5-8-27(33)26(32)17-23)29(25)22-9-13-35-14-10-22/h3-11,13-14,17-19,28,31,34,36H,12,15-16H2,1-2H3. The van der Waals surface area contributed by atoms with Gasteiger partial charge in [0.15, 0.2) is 0 Å². The van der Waals surface area contributed by atoms with Gasteiger partial charge in [0.1, 0.15) is 5.82 Å². The first-order valence-electron chi connectivity index (χ1n) is 13.3. The second-order valence-electron chi connectivity index (χ2n) is 10.4. The van der Waals surface area contributed by atoms with Crippen LogP contribution in [0.5, 0.6) is 0 Å². The summed E-state index contributed by atoms with van der Waals surface area (Å²) in [5.74, 6) is 0.441. The Hall–Kier alpha value is -3.30. The van der Waals surface area contributed by atoms with Crippen LogP contribution in [0.25, 0.3) is 28.0 Å². The Labute approximate surface area is 239 Å². The van der Waals surface area contributed by atoms with Crippen molar-refractivity contribution in [1.82, 2.24) is 19.6 Å². The lowest BCUT2D eigenvalue weighted by Crippen LogP contribution is -2.32. The lowest BCUT2D eigenvalue weighted by Gasteiger charge is -2.27. The maximum atomic E-state index is 13.9. The number of H-pyrrole nitrogens is 1. The first kappa shape index (κ1) is 26.9. The highest BCUT2D eigenvalue weighted by atomic mass is 35.5. The van der Waals surface area contributed by atoms with E-state index in [2.05, 4.69) is 32.6 Å². The summed E-state index contributed by atoms with van der Waals surface area (Å²) < 4.78 is 40.5. The summed E-state index contributed by atoms with van der Waals surface area (Å²) in [4.78, 5) is 10.4. The molecule has 2 aromatic heterocycles. The third-order valence-corrected chi connectivity index (χ3v) is 9.96. The SMILES string of the molecule is CNS(=O)(=O)c1ccc(C2C(C)C2N2CC=C(c3c[nH]c(-c4ccc(F)c(Cl)c4)c3-c3ccncc3)CC2)cc1. The number of hydrogen-bond acceptors (Lipinski definition) is 4. The number of aromatic nitrogens is 2. The molecule has 3 atom stereocenters. The summed E-state index contributed by atoms with van der Waals surface area (Å²) in [7, 11) is -2.02. The summed E-state index contributed by atoms with van der Waals surface area (Å²) in [5.41, 5.74) is 7.38. The molecule has 1 aliphatic carbocycles. The van der Waals surface area contributed by atoms with Crippen molar-refractivity contribution in [3.05, 3.63) is 101 Å². The maximum absolute atomic E-state index is 13.9. The predicted octanol–water partition coefficient (Wildman–Crippen LogP) is 6.34. The zero-order valence-electron chi connectivity index (χ0n) is 22.2. The summed E-state index contributed by atoms with van der Waals surface area (Å²) >= 11 is 6.13. The number of halogens is 2. The quantitative estimate of drug-likeness (QED) is 0.269. The Morgan fingerprint density at radius 1 is 1.07 bits per heavy atom. The van der Waals surface area contributed by atoms with Crippen molar-refractivity contribution in [2.24, 2.45) is 5.92 Å². The first-order chi connectivity index (χ1) is 19.3. The van der Waals surface area contributed by atoms with Gasteiger partial charge in [0.2, 0.25) is 10.0 Å². The lowest BCUT2D eigenvalue weighted by molar-refractivity contribution is 0.277. The number of rotatable bonds is 7. The monoisotopic (exact) mass is 576 g/mol. The van der Waals surface area contributed by atoms with Crippen LogP contribution in [-0.4, -0.2) is 49.5 Å². The molecule has 1 saturated carbocycles. The largest absolute Gasteiger partial charge is 0.360 e. The zero-order chi connectivity index (χ0) is 28.0. The van der Waals surface area contributed by atoms with Crippen LogP contribution in [0.1, 0.15) is 30.4 Å². The van der Waals surface area contributed by atoms with Crippen LogP contribution >= 0.6 is 11.6 Å². The third kappa shape index (κ3) is 4.90. The van der Waals surface area contributed by atoms with Gasteiger partial charge >= 0.3 is 0 Å². The molecule has 0 amide bonds. The fraction of sp³-hybridized carbons (Fsp3) is 0.258. The molecule has 3 unspecified atom stereocenters. The van der Waals surface area contributed by atoms with E-state index in [1.165, 1.54) is 24.3 Å². The normalized spacial score (nSPS) is 21.3. The topological polar surface area (TPSA) is 78.1 Å². The Morgan fingerprint density at radius 3 is 2.48 bits per heavy atom. The molecule has 2 aromatic carbocycles. The van der Waals surface area contributed by atoms with E-state index < -0.39 is 15.8 Å². The first-order valence-corrected chi connectivity index (χ1v) is 15.2. The highest BCUT2D eigenvalue weighted by Gasteiger charge is 2.51. The minimum Gasteiger partial charge on any atom is -0.360 e. The molecular formula is C31H30ClFN4O2S. The van der Waals surface area contributed by atoms with Crippen LogP contribution in [0.3, 0.4) is 0 Å². The van der Waals surface area contributed by atoms with Crippen LogP contribution in [0.4, 0.5) is 4.39 Å². The van der Waals surface area contributed by atoms with Crippen LogP contribution in [0, 0.1) is 11.7 Å². The van der Waals surface area contributed by atoms with Gasteiger partial charge in [-0.05, 0) is 78.6 Å². The van der Waals surface area contributed by atoms with Gasteiger partial charge in [-0.15, -0.1) is 0 Å². The fourth-order valence-electron chi connectivity index (χ4n) is 6.06. The van der Waals surface area contributed by atoms with E-state index in [0.29, 0.717) is 17.9 Å². The van der Waals surface area contributed by atoms with Crippen LogP contribution < -0.4 is 4.72 Å². The highest BCUT2D eigenvalue weighted by Crippen LogP contribution is 2.52. The molecule has 3 heterocycles. The molecule has 0 radical (unpaired) electrons. The fourth-order valence-corrected chi connectivity index (χ4v) is 6.97. The molecule has 4 aromatic rings. The number of nitrogens with zero attached hydrogens (tertiary/aromatic N) is 2. The zero-order valence-corrected chi connectivity index (χ0v) is 23.8. The van der Waals surface area contributed by atoms with Gasteiger partial charge in [-0.2, -0.15) is 0 Å². The van der Waals surface area contributed by atoms with Gasteiger partial charge in [-0.25, -0.2) is 17.5 Å². The second-order valence-corrected chi connectivity index (χ2v) is 12.7. The van der Waals surface area contributed by atoms with E-state index in [4.69, 9.17) is 11.6 Å². The van der Waals surface area contributed by atoms with Crippen molar-refractivity contribution in [3.8, 4) is 22.4 Å². The molecule has 6 rings (SSSR count). The van der Waals surface area contributed by atoms with Gasteiger partial charge in [0.25, 0.3) is 0 Å². The average Bonchev–Trinajstić information content (AvgIpc) is 3.45. The molecule has 2 N–H and O–H groups in total. The van der Waals surface area contributed by atoms with Crippen molar-refractivity contribution in [2.45, 2.75) is 30.2 Å². The molecule has 206 valence electrons. The number of pyridine rings is 1. The molecule has 2 aliphatic rings. The maximum Gasteiger partial charge on any atom is 0.240 e. The number of sulfonamides is 1. The average molecular weight is 577 g/mol. The molecule has 40 heavy (non-hydrogen) atoms. The lowest BCUT2D eigenvalue weighted by atomic mass is 9.92. The molecule has 6 nitrogen and oxygen atoms in total. The van der Waals surface area contributed by atoms with Crippen LogP contribution in [0.2, 0.25) is 5.02 Å². The van der Waals surface area contributed by atoms with E-state index in [-0.39, 0.29) is 9.92 Å². The van der Waals surface area contributed by atoms with Crippen molar-refractivity contribution < 1.29 is 12.8 Å². The van der Waals surface area contributed by atoms with E-state index in [9.17, 15) is 12.8 Å². The molecule has 0 spiro atoms. The molecule has 1 fully saturated rings. The molecule has 0 saturated heterocycles. The number of aromatic amines is 1. The predicted molar refractivity (Wildman–Crippen MR) is 157 cm³/mol. The van der Waals surface area contributed by atoms with Gasteiger partial charge < -0.3 is 4.98 Å². The van der Waals surface area contributed by atoms with Crippen molar-refractivity contribution in [1.29, 1.82) is 0 Å². The third-order valence-electron chi connectivity index (χ3n) is 8.24. The smallest absolute Gasteiger partial charge is 0.240 e. The Morgan fingerprint density at radius 2 is 1.82 bits per heavy atom. The summed E-state index contributed by atoms with van der Waals surface area (Å²) in [6.07, 6.45) is 8.80. The number of nitrogens with one attached hydrogen (secondary N) is 2. The molecule has 0 bridgehead atoms. The summed E-state index contributed by atoms with van der Waals surface area (Å²) in [5, 5.41) is 0.0910. The van der Waals surface area contributed by atoms with Crippen molar-refractivity contribution in [2.75, 3.05) is 20.1 Å². The van der Waals surface area contributed by atoms with Gasteiger partial charge in [-0.3, -0.25) is 9.88 Å². The molecule has 9 heteroatoms. The Bertz CT molecular complexity index is 1690. The van der Waals surface area contributed by atoms with Crippen molar-refractivity contribution in [3.63, 3.8) is 0 Å². The Balaban J connectivity index is 1.25. The van der Waals surface area contributed by atoms with E-state index in [0.717, 1.165) is 47.5 Å². The summed E-state index contributed by atoms with van der Waals surface area (Å²) in [6, 6.07) is 16.5. The minimum atomic E-state index is -3.44. The Kier molecular flexibility index (Phi) is 7.12. The van der Waals surface area contributed by atoms with Gasteiger partial charge in [-0.1, -0.05) is 36.7 Å². The second kappa shape index (κ2) is 10.6.